The second-order valence-corrected chi connectivity index (χ2v) is 4.55. The summed E-state index contributed by atoms with van der Waals surface area (Å²) < 4.78 is 0. The van der Waals surface area contributed by atoms with Crippen LogP contribution in [0.15, 0.2) is 24.5 Å². The summed E-state index contributed by atoms with van der Waals surface area (Å²) in [5.41, 5.74) is 12.1. The van der Waals surface area contributed by atoms with Gasteiger partial charge in [0.2, 0.25) is 0 Å². The van der Waals surface area contributed by atoms with E-state index in [2.05, 4.69) is 25.8 Å². The average molecular weight is 237 g/mol. The van der Waals surface area contributed by atoms with Gasteiger partial charge in [-0.3, -0.25) is 4.98 Å². The van der Waals surface area contributed by atoms with Gasteiger partial charge < -0.3 is 11.5 Å². The van der Waals surface area contributed by atoms with Gasteiger partial charge in [-0.2, -0.15) is 0 Å². The van der Waals surface area contributed by atoms with E-state index in [0.717, 1.165) is 24.9 Å². The lowest BCUT2D eigenvalue weighted by atomic mass is 9.89. The van der Waals surface area contributed by atoms with Crippen molar-refractivity contribution in [2.75, 3.05) is 6.54 Å². The molecule has 0 aliphatic rings. The molecule has 1 aromatic heterocycles. The van der Waals surface area contributed by atoms with Gasteiger partial charge in [0, 0.05) is 17.9 Å². The quantitative estimate of drug-likeness (QED) is 0.827. The Morgan fingerprint density at radius 2 is 1.94 bits per heavy atom. The standard InChI is InChI=1S/C11H18N2.C3H9N/c1-3-4-7-11(2,12)10-6-5-8-13-9-10;1-2-3-4/h5-6,8-9H,3-4,7,12H2,1-2H3;2-4H2,1H3. The molecule has 0 fully saturated rings. The third-order valence-corrected chi connectivity index (χ3v) is 2.66. The third kappa shape index (κ3) is 7.08. The summed E-state index contributed by atoms with van der Waals surface area (Å²) in [5.74, 6) is 0. The minimum atomic E-state index is -0.218. The highest BCUT2D eigenvalue weighted by atomic mass is 14.7. The van der Waals surface area contributed by atoms with Crippen molar-refractivity contribution in [2.45, 2.75) is 52.0 Å². The summed E-state index contributed by atoms with van der Waals surface area (Å²) in [5, 5.41) is 0. The Kier molecular flexibility index (Phi) is 8.64. The van der Waals surface area contributed by atoms with E-state index < -0.39 is 0 Å². The summed E-state index contributed by atoms with van der Waals surface area (Å²) in [6, 6.07) is 3.98. The molecule has 0 amide bonds. The second kappa shape index (κ2) is 9.14. The van der Waals surface area contributed by atoms with Gasteiger partial charge in [-0.1, -0.05) is 32.8 Å². The number of rotatable bonds is 5. The molecule has 17 heavy (non-hydrogen) atoms. The Balaban J connectivity index is 0.000000557. The van der Waals surface area contributed by atoms with Crippen LogP contribution in [0.2, 0.25) is 0 Å². The van der Waals surface area contributed by atoms with Gasteiger partial charge in [-0.25, -0.2) is 0 Å². The number of nitrogens with zero attached hydrogens (tertiary/aromatic N) is 1. The van der Waals surface area contributed by atoms with Crippen molar-refractivity contribution in [3.05, 3.63) is 30.1 Å². The SMILES string of the molecule is CCCCC(C)(N)c1cccnc1.CCCN. The molecule has 0 aliphatic heterocycles. The van der Waals surface area contributed by atoms with Crippen molar-refractivity contribution in [3.8, 4) is 0 Å². The van der Waals surface area contributed by atoms with Crippen molar-refractivity contribution in [1.29, 1.82) is 0 Å². The molecule has 0 radical (unpaired) electrons. The van der Waals surface area contributed by atoms with Crippen LogP contribution in [0, 0.1) is 0 Å². The van der Waals surface area contributed by atoms with E-state index in [4.69, 9.17) is 11.5 Å². The molecule has 0 saturated carbocycles. The van der Waals surface area contributed by atoms with Crippen molar-refractivity contribution < 1.29 is 0 Å². The van der Waals surface area contributed by atoms with Crippen LogP contribution in [0.3, 0.4) is 0 Å². The van der Waals surface area contributed by atoms with Gasteiger partial charge in [0.15, 0.2) is 0 Å². The molecular weight excluding hydrogens is 210 g/mol. The van der Waals surface area contributed by atoms with Gasteiger partial charge in [-0.05, 0) is 37.9 Å². The molecule has 3 heteroatoms. The van der Waals surface area contributed by atoms with E-state index in [1.165, 1.54) is 12.8 Å². The normalized spacial score (nSPS) is 13.5. The zero-order valence-electron chi connectivity index (χ0n) is 11.4. The maximum absolute atomic E-state index is 6.18. The summed E-state index contributed by atoms with van der Waals surface area (Å²) in [6.07, 6.45) is 8.11. The Morgan fingerprint density at radius 3 is 2.35 bits per heavy atom. The van der Waals surface area contributed by atoms with Gasteiger partial charge in [0.1, 0.15) is 0 Å². The predicted octanol–water partition coefficient (Wildman–Crippen LogP) is 2.80. The summed E-state index contributed by atoms with van der Waals surface area (Å²) in [7, 11) is 0. The van der Waals surface area contributed by atoms with E-state index in [9.17, 15) is 0 Å². The molecule has 1 unspecified atom stereocenters. The van der Waals surface area contributed by atoms with Crippen molar-refractivity contribution in [2.24, 2.45) is 11.5 Å². The van der Waals surface area contributed by atoms with Gasteiger partial charge in [0.05, 0.1) is 0 Å². The molecule has 1 heterocycles. The first-order valence-electron chi connectivity index (χ1n) is 6.48. The minimum Gasteiger partial charge on any atom is -0.330 e. The molecule has 1 atom stereocenters. The van der Waals surface area contributed by atoms with E-state index in [-0.39, 0.29) is 5.54 Å². The second-order valence-electron chi connectivity index (χ2n) is 4.55. The maximum Gasteiger partial charge on any atom is 0.0396 e. The van der Waals surface area contributed by atoms with Crippen LogP contribution in [0.4, 0.5) is 0 Å². The fraction of sp³-hybridized carbons (Fsp3) is 0.643. The first-order chi connectivity index (χ1) is 8.08. The smallest absolute Gasteiger partial charge is 0.0396 e. The van der Waals surface area contributed by atoms with Crippen molar-refractivity contribution in [3.63, 3.8) is 0 Å². The molecule has 4 N–H and O–H groups in total. The predicted molar refractivity (Wildman–Crippen MR) is 74.6 cm³/mol. The lowest BCUT2D eigenvalue weighted by Crippen LogP contribution is -2.32. The highest BCUT2D eigenvalue weighted by Crippen LogP contribution is 2.22. The van der Waals surface area contributed by atoms with E-state index in [0.29, 0.717) is 0 Å². The van der Waals surface area contributed by atoms with Crippen molar-refractivity contribution in [1.82, 2.24) is 4.98 Å². The van der Waals surface area contributed by atoms with Crippen LogP contribution in [-0.4, -0.2) is 11.5 Å². The van der Waals surface area contributed by atoms with E-state index >= 15 is 0 Å². The minimum absolute atomic E-state index is 0.218. The Morgan fingerprint density at radius 1 is 1.29 bits per heavy atom. The van der Waals surface area contributed by atoms with Crippen LogP contribution in [0.1, 0.15) is 52.0 Å². The van der Waals surface area contributed by atoms with Gasteiger partial charge in [-0.15, -0.1) is 0 Å². The first kappa shape index (κ1) is 16.1. The zero-order valence-corrected chi connectivity index (χ0v) is 11.4. The molecule has 98 valence electrons. The van der Waals surface area contributed by atoms with Crippen LogP contribution < -0.4 is 11.5 Å². The molecule has 3 nitrogen and oxygen atoms in total. The lowest BCUT2D eigenvalue weighted by Gasteiger charge is -2.24. The number of hydrogen-bond acceptors (Lipinski definition) is 3. The molecule has 1 rings (SSSR count). The maximum atomic E-state index is 6.18. The molecule has 0 spiro atoms. The zero-order chi connectivity index (χ0) is 13.1. The lowest BCUT2D eigenvalue weighted by molar-refractivity contribution is 0.432. The van der Waals surface area contributed by atoms with Crippen LogP contribution in [-0.2, 0) is 5.54 Å². The van der Waals surface area contributed by atoms with E-state index in [1.54, 1.807) is 6.20 Å². The summed E-state index contributed by atoms with van der Waals surface area (Å²) in [6.45, 7) is 7.12. The highest BCUT2D eigenvalue weighted by molar-refractivity contribution is 5.18. The Hall–Kier alpha value is -0.930. The monoisotopic (exact) mass is 237 g/mol. The summed E-state index contributed by atoms with van der Waals surface area (Å²) >= 11 is 0. The molecular formula is C14H27N3. The molecule has 1 aromatic rings. The first-order valence-corrected chi connectivity index (χ1v) is 6.48. The van der Waals surface area contributed by atoms with Crippen LogP contribution >= 0.6 is 0 Å². The Labute approximate surface area is 106 Å². The van der Waals surface area contributed by atoms with Crippen molar-refractivity contribution >= 4 is 0 Å². The number of hydrogen-bond donors (Lipinski definition) is 2. The topological polar surface area (TPSA) is 64.9 Å². The van der Waals surface area contributed by atoms with Gasteiger partial charge >= 0.3 is 0 Å². The molecule has 0 saturated heterocycles. The average Bonchev–Trinajstić information content (AvgIpc) is 2.38. The summed E-state index contributed by atoms with van der Waals surface area (Å²) in [4.78, 5) is 4.08. The largest absolute Gasteiger partial charge is 0.330 e. The Bertz CT molecular complexity index is 268. The molecule has 0 aromatic carbocycles. The fourth-order valence-corrected chi connectivity index (χ4v) is 1.39. The van der Waals surface area contributed by atoms with Crippen LogP contribution in [0.25, 0.3) is 0 Å². The van der Waals surface area contributed by atoms with Crippen LogP contribution in [0.5, 0.6) is 0 Å². The molecule has 0 bridgehead atoms. The number of aromatic nitrogens is 1. The fourth-order valence-electron chi connectivity index (χ4n) is 1.39. The van der Waals surface area contributed by atoms with Gasteiger partial charge in [0.25, 0.3) is 0 Å². The van der Waals surface area contributed by atoms with E-state index in [1.807, 2.05) is 18.3 Å². The number of nitrogens with two attached hydrogens (primary N) is 2. The number of unbranched alkanes of at least 4 members (excludes halogenated alkanes) is 1. The third-order valence-electron chi connectivity index (χ3n) is 2.66. The number of pyridine rings is 1. The molecule has 0 aliphatic carbocycles. The highest BCUT2D eigenvalue weighted by Gasteiger charge is 2.19.